The number of carbonyl (C=O) groups excluding carboxylic acids is 8. The lowest BCUT2D eigenvalue weighted by molar-refractivity contribution is -0.145. The number of anilines is 6. The van der Waals surface area contributed by atoms with E-state index >= 15 is 0 Å². The van der Waals surface area contributed by atoms with Gasteiger partial charge >= 0.3 is 47.8 Å². The number of nitrogens with zero attached hydrogens (tertiary/aromatic N) is 2. The summed E-state index contributed by atoms with van der Waals surface area (Å²) < 4.78 is 41.3. The fraction of sp³-hybridized carbons (Fsp3) is 0.278. The lowest BCUT2D eigenvalue weighted by atomic mass is 9.97. The second-order valence-corrected chi connectivity index (χ2v) is 20.9. The Morgan fingerprint density at radius 3 is 0.867 bits per heavy atom. The number of hydrogen-bond donors (Lipinski definition) is 0. The molecule has 0 spiro atoms. The summed E-state index contributed by atoms with van der Waals surface area (Å²) in [7, 11) is 0. The van der Waals surface area contributed by atoms with Crippen molar-refractivity contribution in [2.45, 2.75) is 81.1 Å². The number of aryl methyl sites for hydroxylation is 4. The van der Waals surface area contributed by atoms with Crippen molar-refractivity contribution >= 4 is 81.9 Å². The van der Waals surface area contributed by atoms with Gasteiger partial charge in [-0.15, -0.1) is 0 Å². The number of ether oxygens (including phenoxy) is 8. The first-order valence-electron chi connectivity index (χ1n) is 29.2. The van der Waals surface area contributed by atoms with Gasteiger partial charge in [0.05, 0.1) is 74.4 Å². The van der Waals surface area contributed by atoms with E-state index in [0.717, 1.165) is 67.5 Å². The van der Waals surface area contributed by atoms with Crippen molar-refractivity contribution in [3.05, 3.63) is 214 Å². The van der Waals surface area contributed by atoms with Crippen LogP contribution in [0, 0.1) is 27.7 Å². The molecule has 0 aliphatic rings. The molecule has 6 aromatic rings. The van der Waals surface area contributed by atoms with E-state index in [4.69, 9.17) is 37.9 Å². The van der Waals surface area contributed by atoms with E-state index in [0.29, 0.717) is 22.3 Å². The Morgan fingerprint density at radius 2 is 0.600 bits per heavy atom. The zero-order chi connectivity index (χ0) is 65.6. The molecule has 0 radical (unpaired) electrons. The second kappa shape index (κ2) is 33.1. The van der Waals surface area contributed by atoms with Crippen LogP contribution in [0.5, 0.6) is 0 Å². The van der Waals surface area contributed by atoms with Gasteiger partial charge in [-0.05, 0) is 184 Å². The third-order valence-electron chi connectivity index (χ3n) is 14.0. The summed E-state index contributed by atoms with van der Waals surface area (Å²) in [5, 5.41) is 0. The van der Waals surface area contributed by atoms with Gasteiger partial charge < -0.3 is 47.7 Å². The Morgan fingerprint density at radius 1 is 0.322 bits per heavy atom. The van der Waals surface area contributed by atoms with Gasteiger partial charge in [-0.25, -0.2) is 19.2 Å². The minimum Gasteiger partial charge on any atom is -0.463 e. The Labute approximate surface area is 525 Å². The van der Waals surface area contributed by atoms with Crippen LogP contribution in [0.25, 0.3) is 11.1 Å². The maximum absolute atomic E-state index is 13.0. The summed E-state index contributed by atoms with van der Waals surface area (Å²) in [6.45, 7) is 28.6. The largest absolute Gasteiger partial charge is 0.463 e. The van der Waals surface area contributed by atoms with Crippen molar-refractivity contribution in [2.24, 2.45) is 0 Å². The van der Waals surface area contributed by atoms with E-state index < -0.39 is 47.8 Å². The molecule has 18 nitrogen and oxygen atoms in total. The minimum absolute atomic E-state index is 0.0271. The van der Waals surface area contributed by atoms with Gasteiger partial charge in [0.15, 0.2) is 0 Å². The molecule has 0 fully saturated rings. The quantitative estimate of drug-likeness (QED) is 0.0224. The van der Waals surface area contributed by atoms with Gasteiger partial charge in [0.25, 0.3) is 0 Å². The molecule has 6 rings (SSSR count). The van der Waals surface area contributed by atoms with Crippen molar-refractivity contribution < 1.29 is 76.3 Å². The third kappa shape index (κ3) is 19.3. The maximum Gasteiger partial charge on any atom is 0.336 e. The van der Waals surface area contributed by atoms with Crippen LogP contribution in [-0.2, 0) is 102 Å². The van der Waals surface area contributed by atoms with Crippen LogP contribution in [-0.4, -0.2) is 101 Å². The van der Waals surface area contributed by atoms with E-state index in [2.05, 4.69) is 48.2 Å². The SMILES string of the molecule is C=C(COC(=O)Cc1ccc(N(c2ccc(CC(=O)OCC(=C)C(=O)OCC)c(C)c2)c2ccc(-c3ccc(N(c4ccc(CC(=O)OCC(=C)C(=O)OCC)cc4)c4ccc(CC(=O)OCC(=C)C(=O)OCC)c(C)c4)c(C)c3)cc2C)cc1)C(=O)OCC. The van der Waals surface area contributed by atoms with Gasteiger partial charge in [0.1, 0.15) is 26.4 Å². The van der Waals surface area contributed by atoms with Crippen molar-refractivity contribution in [2.75, 3.05) is 62.7 Å². The van der Waals surface area contributed by atoms with Crippen LogP contribution in [0.3, 0.4) is 0 Å². The first-order valence-corrected chi connectivity index (χ1v) is 29.2. The van der Waals surface area contributed by atoms with Gasteiger partial charge in [0, 0.05) is 34.1 Å². The van der Waals surface area contributed by atoms with E-state index in [1.54, 1.807) is 27.7 Å². The Hall–Kier alpha value is -10.4. The summed E-state index contributed by atoms with van der Waals surface area (Å²) in [6.07, 6.45) is -0.250. The molecule has 0 unspecified atom stereocenters. The first-order chi connectivity index (χ1) is 43.0. The molecule has 0 amide bonds. The topological polar surface area (TPSA) is 217 Å². The fourth-order valence-corrected chi connectivity index (χ4v) is 9.27. The highest BCUT2D eigenvalue weighted by atomic mass is 16.6. The van der Waals surface area contributed by atoms with E-state index in [9.17, 15) is 38.4 Å². The summed E-state index contributed by atoms with van der Waals surface area (Å²) in [5.41, 5.74) is 12.9. The second-order valence-electron chi connectivity index (χ2n) is 20.9. The Balaban J connectivity index is 1.32. The molecule has 0 heterocycles. The van der Waals surface area contributed by atoms with E-state index in [-0.39, 0.29) is 101 Å². The average molecular weight is 1230 g/mol. The fourth-order valence-electron chi connectivity index (χ4n) is 9.27. The van der Waals surface area contributed by atoms with Crippen LogP contribution < -0.4 is 9.80 Å². The number of benzene rings is 6. The zero-order valence-electron chi connectivity index (χ0n) is 52.3. The van der Waals surface area contributed by atoms with Crippen LogP contribution in [0.2, 0.25) is 0 Å². The predicted octanol–water partition coefficient (Wildman–Crippen LogP) is 12.3. The molecule has 0 bridgehead atoms. The monoisotopic (exact) mass is 1220 g/mol. The van der Waals surface area contributed by atoms with Gasteiger partial charge in [-0.1, -0.05) is 74.8 Å². The highest BCUT2D eigenvalue weighted by Crippen LogP contribution is 2.42. The highest BCUT2D eigenvalue weighted by Gasteiger charge is 2.23. The summed E-state index contributed by atoms with van der Waals surface area (Å²) in [6, 6.07) is 38.7. The number of hydrogen-bond acceptors (Lipinski definition) is 18. The van der Waals surface area contributed by atoms with Crippen LogP contribution in [0.15, 0.2) is 170 Å². The molecular weight excluding hydrogens is 1150 g/mol. The lowest BCUT2D eigenvalue weighted by Crippen LogP contribution is -2.16. The smallest absolute Gasteiger partial charge is 0.336 e. The molecule has 90 heavy (non-hydrogen) atoms. The van der Waals surface area contributed by atoms with Crippen LogP contribution in [0.1, 0.15) is 72.2 Å². The molecule has 0 N–H and O–H groups in total. The normalized spacial score (nSPS) is 10.6. The number of carbonyl (C=O) groups is 8. The standard InChI is InChI=1S/C72H76N2O16/c1-13-83-69(79)49(9)41-87-65(75)37-53-17-25-59(26-18-53)73(61-29-21-55(45(5)35-61)39-67(77)89-43-51(11)71(81)85-15-3)63-31-23-57(33-47(63)7)58-24-32-64(48(8)34-58)74(60-27-19-54(20-28-60)38-66(76)88-42-50(10)70(80)84-14-2)62-30-22-56(46(6)36-62)40-68(78)90-44-52(12)72(82)86-16-4/h17-36H,9-16,37-44H2,1-8H3. The van der Waals surface area contributed by atoms with Crippen molar-refractivity contribution in [3.8, 4) is 11.1 Å². The number of rotatable bonds is 31. The number of esters is 8. The Kier molecular flexibility index (Phi) is 25.3. The molecule has 0 saturated heterocycles. The summed E-state index contributed by atoms with van der Waals surface area (Å²) in [5.74, 6) is -4.73. The molecule has 0 aromatic heterocycles. The van der Waals surface area contributed by atoms with Crippen molar-refractivity contribution in [1.29, 1.82) is 0 Å². The molecule has 6 aromatic carbocycles. The average Bonchev–Trinajstić information content (AvgIpc) is 0.826. The van der Waals surface area contributed by atoms with E-state index in [1.807, 2.05) is 137 Å². The van der Waals surface area contributed by atoms with Gasteiger partial charge in [0.2, 0.25) is 0 Å². The highest BCUT2D eigenvalue weighted by molar-refractivity contribution is 5.91. The predicted molar refractivity (Wildman–Crippen MR) is 342 cm³/mol. The molecule has 0 saturated carbocycles. The molecule has 0 aliphatic carbocycles. The minimum atomic E-state index is -0.637. The van der Waals surface area contributed by atoms with Gasteiger partial charge in [-0.3, -0.25) is 19.2 Å². The van der Waals surface area contributed by atoms with Crippen LogP contribution in [0.4, 0.5) is 34.1 Å². The maximum atomic E-state index is 13.0. The molecule has 470 valence electrons. The van der Waals surface area contributed by atoms with Crippen molar-refractivity contribution in [1.82, 2.24) is 0 Å². The summed E-state index contributed by atoms with van der Waals surface area (Å²) >= 11 is 0. The first kappa shape index (κ1) is 68.7. The third-order valence-corrected chi connectivity index (χ3v) is 14.0. The van der Waals surface area contributed by atoms with Crippen LogP contribution >= 0.6 is 0 Å². The molecular formula is C72H76N2O16. The lowest BCUT2D eigenvalue weighted by Gasteiger charge is -2.29. The molecule has 18 heteroatoms. The van der Waals surface area contributed by atoms with Crippen molar-refractivity contribution in [3.63, 3.8) is 0 Å². The Bertz CT molecular complexity index is 3450. The van der Waals surface area contributed by atoms with Gasteiger partial charge in [-0.2, -0.15) is 0 Å². The van der Waals surface area contributed by atoms with E-state index in [1.165, 1.54) is 0 Å². The summed E-state index contributed by atoms with van der Waals surface area (Å²) in [4.78, 5) is 104. The molecule has 0 aliphatic heterocycles. The molecule has 0 atom stereocenters. The zero-order valence-corrected chi connectivity index (χ0v) is 52.3.